The molecule has 0 fully saturated rings. The second-order valence-corrected chi connectivity index (χ2v) is 5.19. The Balaban J connectivity index is 2.01. The number of nitrogens with zero attached hydrogens (tertiary/aromatic N) is 2. The molecule has 1 aromatic heterocycles. The monoisotopic (exact) mass is 273 g/mol. The zero-order valence-electron chi connectivity index (χ0n) is 12.4. The highest BCUT2D eigenvalue weighted by atomic mass is 16.5. The van der Waals surface area contributed by atoms with Crippen LogP contribution in [0, 0.1) is 0 Å². The number of ether oxygens (including phenoxy) is 1. The van der Waals surface area contributed by atoms with Crippen molar-refractivity contribution in [2.75, 3.05) is 6.61 Å². The van der Waals surface area contributed by atoms with Crippen molar-refractivity contribution in [1.29, 1.82) is 0 Å². The molecule has 0 spiro atoms. The van der Waals surface area contributed by atoms with Gasteiger partial charge >= 0.3 is 0 Å². The Bertz CT molecular complexity index is 531. The number of aromatic nitrogens is 2. The van der Waals surface area contributed by atoms with Gasteiger partial charge in [0.05, 0.1) is 12.3 Å². The minimum Gasteiger partial charge on any atom is -0.494 e. The molecule has 2 N–H and O–H groups in total. The first kappa shape index (κ1) is 14.6. The van der Waals surface area contributed by atoms with Gasteiger partial charge in [-0.25, -0.2) is 0 Å². The number of nitrogens with two attached hydrogens (primary N) is 1. The van der Waals surface area contributed by atoms with E-state index in [0.717, 1.165) is 23.4 Å². The third kappa shape index (κ3) is 3.61. The molecule has 0 aliphatic rings. The van der Waals surface area contributed by atoms with Crippen LogP contribution < -0.4 is 10.5 Å². The second kappa shape index (κ2) is 6.57. The van der Waals surface area contributed by atoms with Crippen LogP contribution in [0.25, 0.3) is 0 Å². The molecule has 2 aromatic rings. The average molecular weight is 273 g/mol. The molecule has 1 heterocycles. The molecule has 2 rings (SSSR count). The van der Waals surface area contributed by atoms with Gasteiger partial charge in [0.1, 0.15) is 5.75 Å². The summed E-state index contributed by atoms with van der Waals surface area (Å²) in [5, 5.41) is 4.53. The van der Waals surface area contributed by atoms with Gasteiger partial charge in [0, 0.05) is 24.7 Å². The molecule has 0 amide bonds. The maximum atomic E-state index is 6.25. The maximum absolute atomic E-state index is 6.25. The second-order valence-electron chi connectivity index (χ2n) is 5.19. The van der Waals surface area contributed by atoms with Crippen LogP contribution in [0.2, 0.25) is 0 Å². The Morgan fingerprint density at radius 2 is 1.90 bits per heavy atom. The van der Waals surface area contributed by atoms with Crippen molar-refractivity contribution in [3.8, 4) is 5.75 Å². The van der Waals surface area contributed by atoms with Crippen molar-refractivity contribution in [2.24, 2.45) is 5.73 Å². The molecule has 0 saturated heterocycles. The molecule has 0 radical (unpaired) electrons. The van der Waals surface area contributed by atoms with Crippen molar-refractivity contribution in [3.05, 3.63) is 47.8 Å². The van der Waals surface area contributed by atoms with Gasteiger partial charge in [0.25, 0.3) is 0 Å². The lowest BCUT2D eigenvalue weighted by atomic mass is 10.0. The summed E-state index contributed by atoms with van der Waals surface area (Å²) in [6.07, 6.45) is 2.75. The molecule has 4 nitrogen and oxygen atoms in total. The van der Waals surface area contributed by atoms with E-state index in [2.05, 4.69) is 18.9 Å². The SMILES string of the molecule is CCOc1ccc(C(N)Cc2ccn(C(C)C)n2)cc1. The number of rotatable bonds is 6. The molecule has 108 valence electrons. The highest BCUT2D eigenvalue weighted by Gasteiger charge is 2.10. The first-order chi connectivity index (χ1) is 9.60. The predicted octanol–water partition coefficient (Wildman–Crippen LogP) is 3.11. The summed E-state index contributed by atoms with van der Waals surface area (Å²) < 4.78 is 7.39. The van der Waals surface area contributed by atoms with Crippen molar-refractivity contribution in [3.63, 3.8) is 0 Å². The van der Waals surface area contributed by atoms with E-state index in [9.17, 15) is 0 Å². The molecule has 1 unspecified atom stereocenters. The maximum Gasteiger partial charge on any atom is 0.119 e. The number of benzene rings is 1. The Kier molecular flexibility index (Phi) is 4.79. The minimum absolute atomic E-state index is 0.0406. The predicted molar refractivity (Wildman–Crippen MR) is 80.9 cm³/mol. The van der Waals surface area contributed by atoms with Crippen LogP contribution in [0.15, 0.2) is 36.5 Å². The van der Waals surface area contributed by atoms with Gasteiger partial charge in [-0.05, 0) is 44.5 Å². The lowest BCUT2D eigenvalue weighted by Crippen LogP contribution is -2.14. The normalized spacial score (nSPS) is 12.7. The van der Waals surface area contributed by atoms with E-state index in [1.165, 1.54) is 0 Å². The molecule has 0 aliphatic heterocycles. The third-order valence-electron chi connectivity index (χ3n) is 3.24. The van der Waals surface area contributed by atoms with Crippen LogP contribution in [0.4, 0.5) is 0 Å². The average Bonchev–Trinajstić information content (AvgIpc) is 2.88. The van der Waals surface area contributed by atoms with Gasteiger partial charge in [-0.15, -0.1) is 0 Å². The summed E-state index contributed by atoms with van der Waals surface area (Å²) in [5.41, 5.74) is 8.38. The van der Waals surface area contributed by atoms with Crippen LogP contribution in [0.3, 0.4) is 0 Å². The summed E-state index contributed by atoms with van der Waals surface area (Å²) in [5.74, 6) is 0.882. The van der Waals surface area contributed by atoms with Crippen LogP contribution in [0.1, 0.15) is 44.1 Å². The van der Waals surface area contributed by atoms with Gasteiger partial charge in [0.2, 0.25) is 0 Å². The molecule has 1 aromatic carbocycles. The summed E-state index contributed by atoms with van der Waals surface area (Å²) in [4.78, 5) is 0. The van der Waals surface area contributed by atoms with Crippen LogP contribution in [0.5, 0.6) is 5.75 Å². The highest BCUT2D eigenvalue weighted by Crippen LogP contribution is 2.19. The van der Waals surface area contributed by atoms with Crippen LogP contribution >= 0.6 is 0 Å². The fraction of sp³-hybridized carbons (Fsp3) is 0.438. The van der Waals surface area contributed by atoms with Crippen molar-refractivity contribution in [2.45, 2.75) is 39.3 Å². The first-order valence-electron chi connectivity index (χ1n) is 7.12. The van der Waals surface area contributed by atoms with E-state index in [1.54, 1.807) is 0 Å². The molecular weight excluding hydrogens is 250 g/mol. The van der Waals surface area contributed by atoms with Gasteiger partial charge in [-0.3, -0.25) is 4.68 Å². The van der Waals surface area contributed by atoms with E-state index in [0.29, 0.717) is 12.6 Å². The molecule has 20 heavy (non-hydrogen) atoms. The molecule has 4 heteroatoms. The summed E-state index contributed by atoms with van der Waals surface area (Å²) in [6.45, 7) is 6.88. The van der Waals surface area contributed by atoms with E-state index in [4.69, 9.17) is 10.5 Å². The summed E-state index contributed by atoms with van der Waals surface area (Å²) in [7, 11) is 0. The fourth-order valence-corrected chi connectivity index (χ4v) is 2.09. The first-order valence-corrected chi connectivity index (χ1v) is 7.12. The third-order valence-corrected chi connectivity index (χ3v) is 3.24. The molecule has 0 bridgehead atoms. The molecule has 1 atom stereocenters. The van der Waals surface area contributed by atoms with E-state index in [-0.39, 0.29) is 6.04 Å². The zero-order valence-corrected chi connectivity index (χ0v) is 12.4. The molecule has 0 aliphatic carbocycles. The Morgan fingerprint density at radius 1 is 1.20 bits per heavy atom. The lowest BCUT2D eigenvalue weighted by molar-refractivity contribution is 0.340. The quantitative estimate of drug-likeness (QED) is 0.880. The van der Waals surface area contributed by atoms with E-state index in [1.807, 2.05) is 48.1 Å². The van der Waals surface area contributed by atoms with Crippen molar-refractivity contribution < 1.29 is 4.74 Å². The summed E-state index contributed by atoms with van der Waals surface area (Å²) >= 11 is 0. The number of hydrogen-bond acceptors (Lipinski definition) is 3. The van der Waals surface area contributed by atoms with Gasteiger partial charge in [-0.1, -0.05) is 12.1 Å². The summed E-state index contributed by atoms with van der Waals surface area (Å²) in [6, 6.07) is 10.3. The van der Waals surface area contributed by atoms with Gasteiger partial charge < -0.3 is 10.5 Å². The molecule has 0 saturated carbocycles. The number of hydrogen-bond donors (Lipinski definition) is 1. The lowest BCUT2D eigenvalue weighted by Gasteiger charge is -2.12. The van der Waals surface area contributed by atoms with Crippen LogP contribution in [-0.2, 0) is 6.42 Å². The standard InChI is InChI=1S/C16H23N3O/c1-4-20-15-7-5-13(6-8-15)16(17)11-14-9-10-19(18-14)12(2)3/h5-10,12,16H,4,11,17H2,1-3H3. The smallest absolute Gasteiger partial charge is 0.119 e. The topological polar surface area (TPSA) is 53.1 Å². The highest BCUT2D eigenvalue weighted by molar-refractivity contribution is 5.29. The van der Waals surface area contributed by atoms with Gasteiger partial charge in [0.15, 0.2) is 0 Å². The van der Waals surface area contributed by atoms with Crippen LogP contribution in [-0.4, -0.2) is 16.4 Å². The zero-order chi connectivity index (χ0) is 14.5. The molecular formula is C16H23N3O. The van der Waals surface area contributed by atoms with E-state index < -0.39 is 0 Å². The van der Waals surface area contributed by atoms with E-state index >= 15 is 0 Å². The minimum atomic E-state index is -0.0406. The largest absolute Gasteiger partial charge is 0.494 e. The Morgan fingerprint density at radius 3 is 2.45 bits per heavy atom. The Hall–Kier alpha value is -1.81. The fourth-order valence-electron chi connectivity index (χ4n) is 2.09. The van der Waals surface area contributed by atoms with Crippen molar-refractivity contribution >= 4 is 0 Å². The Labute approximate surface area is 120 Å². The van der Waals surface area contributed by atoms with Gasteiger partial charge in [-0.2, -0.15) is 5.10 Å². The van der Waals surface area contributed by atoms with Crippen molar-refractivity contribution in [1.82, 2.24) is 9.78 Å².